The van der Waals surface area contributed by atoms with Crippen LogP contribution in [0.4, 0.5) is 4.79 Å². The second-order valence-corrected chi connectivity index (χ2v) is 5.91. The number of carbonyl (C=O) groups excluding carboxylic acids is 2. The van der Waals surface area contributed by atoms with Crippen molar-refractivity contribution >= 4 is 11.9 Å². The van der Waals surface area contributed by atoms with Gasteiger partial charge in [0.15, 0.2) is 0 Å². The Hall–Kier alpha value is -2.66. The number of benzene rings is 2. The summed E-state index contributed by atoms with van der Waals surface area (Å²) in [6.45, 7) is 4.99. The minimum atomic E-state index is -0.588. The van der Waals surface area contributed by atoms with E-state index in [-0.39, 0.29) is 11.8 Å². The van der Waals surface area contributed by atoms with Crippen molar-refractivity contribution in [3.05, 3.63) is 71.8 Å². The molecule has 0 fully saturated rings. The third-order valence-corrected chi connectivity index (χ3v) is 3.97. The Morgan fingerprint density at radius 2 is 1.48 bits per heavy atom. The van der Waals surface area contributed by atoms with Crippen molar-refractivity contribution in [2.75, 3.05) is 13.1 Å². The van der Waals surface area contributed by atoms with Gasteiger partial charge in [-0.25, -0.2) is 4.79 Å². The Morgan fingerprint density at radius 1 is 0.920 bits per heavy atom. The fraction of sp³-hybridized carbons (Fsp3) is 0.300. The maximum Gasteiger partial charge on any atom is 0.321 e. The van der Waals surface area contributed by atoms with Gasteiger partial charge in [0.05, 0.1) is 0 Å². The van der Waals surface area contributed by atoms with E-state index in [1.54, 1.807) is 6.92 Å². The molecule has 2 aromatic carbocycles. The molecule has 0 spiro atoms. The first-order valence-corrected chi connectivity index (χ1v) is 8.53. The Kier molecular flexibility index (Phi) is 7.16. The Bertz CT molecular complexity index is 674. The van der Waals surface area contributed by atoms with Gasteiger partial charge in [-0.3, -0.25) is 10.1 Å². The van der Waals surface area contributed by atoms with Crippen LogP contribution in [0.3, 0.4) is 0 Å². The maximum absolute atomic E-state index is 12.5. The molecule has 5 nitrogen and oxygen atoms in total. The molecular formula is C20H25N3O2. The number of nitrogens with one attached hydrogen (secondary N) is 3. The van der Waals surface area contributed by atoms with Crippen LogP contribution in [0, 0.1) is 0 Å². The molecule has 0 saturated heterocycles. The van der Waals surface area contributed by atoms with Gasteiger partial charge in [-0.2, -0.15) is 0 Å². The lowest BCUT2D eigenvalue weighted by Gasteiger charge is -2.21. The molecule has 3 amide bonds. The minimum Gasteiger partial charge on any atom is -0.338 e. The van der Waals surface area contributed by atoms with E-state index in [1.807, 2.05) is 48.5 Å². The lowest BCUT2D eigenvalue weighted by Crippen LogP contribution is -2.45. The highest BCUT2D eigenvalue weighted by molar-refractivity contribution is 5.97. The van der Waals surface area contributed by atoms with E-state index in [9.17, 15) is 9.59 Å². The van der Waals surface area contributed by atoms with Gasteiger partial charge in [0.25, 0.3) is 0 Å². The third kappa shape index (κ3) is 5.72. The van der Waals surface area contributed by atoms with Crippen molar-refractivity contribution in [2.24, 2.45) is 0 Å². The zero-order chi connectivity index (χ0) is 18.1. The standard InChI is InChI=1S/C20H25N3O2/c1-3-21-20(25)23-19(24)18(17-12-8-5-9-13-17)22-14-15(2)16-10-6-4-7-11-16/h4-13,15,18,22H,3,14H2,1-2H3,(H2,21,23,24,25)/t15-,18+/m0/s1. The number of hydrogen-bond donors (Lipinski definition) is 3. The van der Waals surface area contributed by atoms with Gasteiger partial charge in [0, 0.05) is 13.1 Å². The predicted molar refractivity (Wildman–Crippen MR) is 99.3 cm³/mol. The van der Waals surface area contributed by atoms with Crippen LogP contribution >= 0.6 is 0 Å². The molecule has 2 rings (SSSR count). The Balaban J connectivity index is 2.07. The summed E-state index contributed by atoms with van der Waals surface area (Å²) in [5.41, 5.74) is 2.02. The van der Waals surface area contributed by atoms with Gasteiger partial charge in [-0.1, -0.05) is 67.6 Å². The Morgan fingerprint density at radius 3 is 2.04 bits per heavy atom. The zero-order valence-electron chi connectivity index (χ0n) is 14.7. The van der Waals surface area contributed by atoms with Crippen LogP contribution in [0.2, 0.25) is 0 Å². The van der Waals surface area contributed by atoms with E-state index in [4.69, 9.17) is 0 Å². The number of rotatable bonds is 7. The first-order chi connectivity index (χ1) is 12.1. The molecule has 0 saturated carbocycles. The molecule has 0 aromatic heterocycles. The smallest absolute Gasteiger partial charge is 0.321 e. The molecular weight excluding hydrogens is 314 g/mol. The molecule has 2 atom stereocenters. The minimum absolute atomic E-state index is 0.240. The van der Waals surface area contributed by atoms with E-state index in [0.29, 0.717) is 13.1 Å². The summed E-state index contributed by atoms with van der Waals surface area (Å²) in [4.78, 5) is 24.2. The summed E-state index contributed by atoms with van der Waals surface area (Å²) in [5.74, 6) is -0.123. The van der Waals surface area contributed by atoms with Crippen LogP contribution in [0.1, 0.15) is 36.9 Å². The van der Waals surface area contributed by atoms with Crippen LogP contribution in [-0.2, 0) is 4.79 Å². The molecule has 132 valence electrons. The number of imide groups is 1. The predicted octanol–water partition coefficient (Wildman–Crippen LogP) is 2.97. The normalized spacial score (nSPS) is 12.9. The zero-order valence-corrected chi connectivity index (χ0v) is 14.7. The first kappa shape index (κ1) is 18.7. The van der Waals surface area contributed by atoms with Crippen molar-refractivity contribution in [3.63, 3.8) is 0 Å². The molecule has 0 unspecified atom stereocenters. The topological polar surface area (TPSA) is 70.2 Å². The molecule has 0 bridgehead atoms. The first-order valence-electron chi connectivity index (χ1n) is 8.53. The van der Waals surface area contributed by atoms with Crippen molar-refractivity contribution in [2.45, 2.75) is 25.8 Å². The summed E-state index contributed by atoms with van der Waals surface area (Å²) in [6, 6.07) is 18.5. The number of amides is 3. The average molecular weight is 339 g/mol. The maximum atomic E-state index is 12.5. The monoisotopic (exact) mass is 339 g/mol. The van der Waals surface area contributed by atoms with Gasteiger partial charge in [0.1, 0.15) is 6.04 Å². The van der Waals surface area contributed by atoms with E-state index in [2.05, 4.69) is 35.0 Å². The van der Waals surface area contributed by atoms with Crippen LogP contribution in [0.5, 0.6) is 0 Å². The van der Waals surface area contributed by atoms with Gasteiger partial charge in [0.2, 0.25) is 5.91 Å². The summed E-state index contributed by atoms with van der Waals surface area (Å²) >= 11 is 0. The number of carbonyl (C=O) groups is 2. The number of hydrogen-bond acceptors (Lipinski definition) is 3. The summed E-state index contributed by atoms with van der Waals surface area (Å²) in [6.07, 6.45) is 0. The summed E-state index contributed by atoms with van der Waals surface area (Å²) in [5, 5.41) is 8.26. The molecule has 0 aliphatic carbocycles. The average Bonchev–Trinajstić information content (AvgIpc) is 2.63. The largest absolute Gasteiger partial charge is 0.338 e. The van der Waals surface area contributed by atoms with Gasteiger partial charge in [-0.05, 0) is 24.0 Å². The van der Waals surface area contributed by atoms with E-state index in [0.717, 1.165) is 5.56 Å². The highest BCUT2D eigenvalue weighted by atomic mass is 16.2. The summed E-state index contributed by atoms with van der Waals surface area (Å²) in [7, 11) is 0. The molecule has 25 heavy (non-hydrogen) atoms. The van der Waals surface area contributed by atoms with E-state index >= 15 is 0 Å². The van der Waals surface area contributed by atoms with Crippen molar-refractivity contribution < 1.29 is 9.59 Å². The van der Waals surface area contributed by atoms with Crippen molar-refractivity contribution in [1.82, 2.24) is 16.0 Å². The molecule has 0 aliphatic heterocycles. The molecule has 0 radical (unpaired) electrons. The van der Waals surface area contributed by atoms with Crippen LogP contribution in [0.15, 0.2) is 60.7 Å². The fourth-order valence-corrected chi connectivity index (χ4v) is 2.59. The van der Waals surface area contributed by atoms with Gasteiger partial charge < -0.3 is 10.6 Å². The molecule has 3 N–H and O–H groups in total. The second-order valence-electron chi connectivity index (χ2n) is 5.91. The fourth-order valence-electron chi connectivity index (χ4n) is 2.59. The van der Waals surface area contributed by atoms with Gasteiger partial charge in [-0.15, -0.1) is 0 Å². The molecule has 2 aromatic rings. The SMILES string of the molecule is CCNC(=O)NC(=O)[C@H](NC[C@H](C)c1ccccc1)c1ccccc1. The van der Waals surface area contributed by atoms with Gasteiger partial charge >= 0.3 is 6.03 Å². The van der Waals surface area contributed by atoms with E-state index < -0.39 is 12.1 Å². The molecule has 0 aliphatic rings. The second kappa shape index (κ2) is 9.59. The van der Waals surface area contributed by atoms with Crippen LogP contribution in [0.25, 0.3) is 0 Å². The van der Waals surface area contributed by atoms with Crippen LogP contribution in [-0.4, -0.2) is 25.0 Å². The lowest BCUT2D eigenvalue weighted by atomic mass is 10.00. The lowest BCUT2D eigenvalue weighted by molar-refractivity contribution is -0.122. The highest BCUT2D eigenvalue weighted by Gasteiger charge is 2.22. The van der Waals surface area contributed by atoms with Crippen molar-refractivity contribution in [3.8, 4) is 0 Å². The van der Waals surface area contributed by atoms with Crippen molar-refractivity contribution in [1.29, 1.82) is 0 Å². The van der Waals surface area contributed by atoms with E-state index in [1.165, 1.54) is 5.56 Å². The summed E-state index contributed by atoms with van der Waals surface area (Å²) < 4.78 is 0. The number of urea groups is 1. The Labute approximate surface area is 148 Å². The third-order valence-electron chi connectivity index (χ3n) is 3.97. The quantitative estimate of drug-likeness (QED) is 0.726. The highest BCUT2D eigenvalue weighted by Crippen LogP contribution is 2.17. The van der Waals surface area contributed by atoms with Crippen LogP contribution < -0.4 is 16.0 Å². The molecule has 5 heteroatoms. The molecule has 0 heterocycles.